The van der Waals surface area contributed by atoms with E-state index in [1.165, 1.54) is 5.56 Å². The van der Waals surface area contributed by atoms with Crippen LogP contribution in [0.1, 0.15) is 11.1 Å². The monoisotopic (exact) mass is 290 g/mol. The Morgan fingerprint density at radius 3 is 2.65 bits per heavy atom. The maximum absolute atomic E-state index is 12.0. The van der Waals surface area contributed by atoms with Crippen LogP contribution in [0.3, 0.4) is 0 Å². The van der Waals surface area contributed by atoms with E-state index < -0.39 is 5.54 Å². The molecule has 1 fully saturated rings. The Hall–Kier alpha value is -1.28. The molecule has 1 aliphatic heterocycles. The molecule has 1 N–H and O–H groups in total. The molecular weight excluding hydrogens is 279 g/mol. The summed E-state index contributed by atoms with van der Waals surface area (Å²) >= 11 is 2.50. The fourth-order valence-electron chi connectivity index (χ4n) is 2.68. The SMILES string of the molecule is CN1C(=O)NC(=O)C12Cc1ccc([As])cc1C2. The van der Waals surface area contributed by atoms with Gasteiger partial charge >= 0.3 is 108 Å². The van der Waals surface area contributed by atoms with Crippen molar-refractivity contribution < 1.29 is 9.59 Å². The topological polar surface area (TPSA) is 49.4 Å². The van der Waals surface area contributed by atoms with E-state index in [4.69, 9.17) is 0 Å². The van der Waals surface area contributed by atoms with Crippen LogP contribution in [0.15, 0.2) is 18.2 Å². The molecule has 1 aromatic rings. The van der Waals surface area contributed by atoms with Gasteiger partial charge < -0.3 is 0 Å². The summed E-state index contributed by atoms with van der Waals surface area (Å²) in [4.78, 5) is 25.1. The second kappa shape index (κ2) is 3.36. The number of nitrogens with one attached hydrogen (secondary N) is 1. The number of rotatable bonds is 0. The predicted molar refractivity (Wildman–Crippen MR) is 63.3 cm³/mol. The molecule has 3 amide bonds. The van der Waals surface area contributed by atoms with Crippen molar-refractivity contribution in [3.63, 3.8) is 0 Å². The van der Waals surface area contributed by atoms with Crippen molar-refractivity contribution in [3.05, 3.63) is 29.3 Å². The van der Waals surface area contributed by atoms with Crippen LogP contribution in [-0.2, 0) is 17.6 Å². The molecule has 1 unspecified atom stereocenters. The summed E-state index contributed by atoms with van der Waals surface area (Å²) in [6.45, 7) is 0. The number of benzene rings is 1. The van der Waals surface area contributed by atoms with Gasteiger partial charge in [-0.05, 0) is 0 Å². The molecule has 86 valence electrons. The van der Waals surface area contributed by atoms with E-state index in [2.05, 4.69) is 28.2 Å². The van der Waals surface area contributed by atoms with Gasteiger partial charge in [-0.25, -0.2) is 0 Å². The first-order valence-corrected chi connectivity index (χ1v) is 6.37. The van der Waals surface area contributed by atoms with Gasteiger partial charge in [-0.1, -0.05) is 0 Å². The minimum absolute atomic E-state index is 0.173. The van der Waals surface area contributed by atoms with Gasteiger partial charge in [0, 0.05) is 0 Å². The van der Waals surface area contributed by atoms with Gasteiger partial charge in [0.05, 0.1) is 0 Å². The number of urea groups is 1. The summed E-state index contributed by atoms with van der Waals surface area (Å²) in [5, 5.41) is 2.39. The van der Waals surface area contributed by atoms with Crippen molar-refractivity contribution in [3.8, 4) is 0 Å². The van der Waals surface area contributed by atoms with Crippen LogP contribution < -0.4 is 9.67 Å². The normalized spacial score (nSPS) is 26.6. The van der Waals surface area contributed by atoms with Crippen molar-refractivity contribution in [2.75, 3.05) is 7.05 Å². The van der Waals surface area contributed by atoms with Gasteiger partial charge in [0.2, 0.25) is 0 Å². The van der Waals surface area contributed by atoms with Crippen molar-refractivity contribution in [1.29, 1.82) is 0 Å². The standard InChI is InChI=1S/C12H11AsN2O2/c1-15-11(17)14-10(16)12(15)5-7-2-3-9(13)4-8(7)6-12/h2-4H,5-6H2,1H3,(H,14,16,17). The molecule has 1 heterocycles. The zero-order valence-corrected chi connectivity index (χ0v) is 11.2. The molecule has 1 aromatic carbocycles. The van der Waals surface area contributed by atoms with E-state index in [0.717, 1.165) is 9.91 Å². The number of carbonyl (C=O) groups is 2. The Kier molecular flexibility index (Phi) is 2.14. The summed E-state index contributed by atoms with van der Waals surface area (Å²) in [5.41, 5.74) is 1.64. The van der Waals surface area contributed by atoms with E-state index in [9.17, 15) is 9.59 Å². The number of hydrogen-bond acceptors (Lipinski definition) is 2. The van der Waals surface area contributed by atoms with Gasteiger partial charge in [-0.15, -0.1) is 0 Å². The Labute approximate surface area is 108 Å². The zero-order valence-electron chi connectivity index (χ0n) is 9.36. The minimum atomic E-state index is -0.694. The molecule has 1 saturated heterocycles. The third-order valence-corrected chi connectivity index (χ3v) is 4.33. The van der Waals surface area contributed by atoms with Gasteiger partial charge in [0.25, 0.3) is 0 Å². The molecule has 5 heteroatoms. The van der Waals surface area contributed by atoms with E-state index in [1.54, 1.807) is 11.9 Å². The molecule has 0 aromatic heterocycles. The van der Waals surface area contributed by atoms with Crippen LogP contribution in [0.25, 0.3) is 0 Å². The quantitative estimate of drug-likeness (QED) is 0.517. The van der Waals surface area contributed by atoms with Gasteiger partial charge in [0.15, 0.2) is 0 Å². The molecule has 0 saturated carbocycles. The van der Waals surface area contributed by atoms with Crippen molar-refractivity contribution in [2.24, 2.45) is 0 Å². The summed E-state index contributed by atoms with van der Waals surface area (Å²) in [7, 11) is 1.69. The predicted octanol–water partition coefficient (Wildman–Crippen LogP) is -0.501. The van der Waals surface area contributed by atoms with Gasteiger partial charge in [0.1, 0.15) is 0 Å². The van der Waals surface area contributed by atoms with E-state index in [-0.39, 0.29) is 11.9 Å². The molecule has 2 aliphatic rings. The van der Waals surface area contributed by atoms with Crippen LogP contribution in [0.4, 0.5) is 4.79 Å². The number of likely N-dealkylation sites (N-methyl/N-ethyl adjacent to an activating group) is 1. The average molecular weight is 290 g/mol. The Bertz CT molecular complexity index is 543. The van der Waals surface area contributed by atoms with Gasteiger partial charge in [-0.2, -0.15) is 0 Å². The van der Waals surface area contributed by atoms with Crippen LogP contribution in [0, 0.1) is 0 Å². The van der Waals surface area contributed by atoms with Crippen LogP contribution in [0.2, 0.25) is 0 Å². The van der Waals surface area contributed by atoms with Crippen molar-refractivity contribution in [1.82, 2.24) is 10.2 Å². The van der Waals surface area contributed by atoms with E-state index in [1.807, 2.05) is 12.1 Å². The number of fused-ring (bicyclic) bond motifs is 1. The second-order valence-electron chi connectivity index (χ2n) is 4.66. The Morgan fingerprint density at radius 2 is 2.00 bits per heavy atom. The Morgan fingerprint density at radius 1 is 1.29 bits per heavy atom. The zero-order chi connectivity index (χ0) is 12.2. The van der Waals surface area contributed by atoms with E-state index >= 15 is 0 Å². The molecule has 1 atom stereocenters. The number of amides is 3. The maximum atomic E-state index is 12.0. The third-order valence-electron chi connectivity index (χ3n) is 3.75. The summed E-state index contributed by atoms with van der Waals surface area (Å²) in [5.74, 6) is -0.173. The molecule has 17 heavy (non-hydrogen) atoms. The van der Waals surface area contributed by atoms with Gasteiger partial charge in [-0.3, -0.25) is 0 Å². The average Bonchev–Trinajstić information content (AvgIpc) is 2.74. The molecule has 2 radical (unpaired) electrons. The molecule has 4 nitrogen and oxygen atoms in total. The number of carbonyl (C=O) groups excluding carboxylic acids is 2. The number of imide groups is 1. The second-order valence-corrected chi connectivity index (χ2v) is 5.74. The molecule has 1 spiro atoms. The third kappa shape index (κ3) is 1.37. The molecule has 1 aliphatic carbocycles. The van der Waals surface area contributed by atoms with Crippen LogP contribution in [0.5, 0.6) is 0 Å². The van der Waals surface area contributed by atoms with Crippen molar-refractivity contribution >= 4 is 33.1 Å². The molecule has 0 bridgehead atoms. The summed E-state index contributed by atoms with van der Waals surface area (Å²) in [6, 6.07) is 5.84. The first-order valence-electron chi connectivity index (χ1n) is 5.43. The van der Waals surface area contributed by atoms with Crippen LogP contribution in [-0.4, -0.2) is 46.3 Å². The van der Waals surface area contributed by atoms with Crippen LogP contribution >= 0.6 is 0 Å². The summed E-state index contributed by atoms with van der Waals surface area (Å²) < 4.78 is 1.13. The van der Waals surface area contributed by atoms with Crippen molar-refractivity contribution in [2.45, 2.75) is 18.4 Å². The molecule has 3 rings (SSSR count). The fourth-order valence-corrected chi connectivity index (χ4v) is 3.17. The fraction of sp³-hybridized carbons (Fsp3) is 0.333. The van der Waals surface area contributed by atoms with E-state index in [0.29, 0.717) is 12.8 Å². The molecular formula is C12H11AsN2O2. The Balaban J connectivity index is 2.05. The first kappa shape index (κ1) is 10.8. The number of nitrogens with zero attached hydrogens (tertiary/aromatic N) is 1. The first-order chi connectivity index (χ1) is 8.03. The number of hydrogen-bond donors (Lipinski definition) is 1. The summed E-state index contributed by atoms with van der Waals surface area (Å²) in [6.07, 6.45) is 1.23.